The maximum Gasteiger partial charge on any atom is 0.455 e. The van der Waals surface area contributed by atoms with E-state index in [1.165, 1.54) is 24.1 Å². The van der Waals surface area contributed by atoms with E-state index >= 15 is 0 Å². The fraction of sp³-hybridized carbons (Fsp3) is 0.419. The Labute approximate surface area is 234 Å². The molecule has 40 heavy (non-hydrogen) atoms. The number of halogens is 1. The molecule has 2 fully saturated rings. The van der Waals surface area contributed by atoms with Crippen molar-refractivity contribution in [1.29, 1.82) is 0 Å². The molecule has 0 aromatic heterocycles. The number of fused-ring (bicyclic) bond motifs is 3. The van der Waals surface area contributed by atoms with Crippen LogP contribution in [0.1, 0.15) is 44.6 Å². The summed E-state index contributed by atoms with van der Waals surface area (Å²) >= 11 is 0. The van der Waals surface area contributed by atoms with Gasteiger partial charge in [-0.15, -0.1) is 0 Å². The summed E-state index contributed by atoms with van der Waals surface area (Å²) in [5.41, 5.74) is 3.67. The van der Waals surface area contributed by atoms with Gasteiger partial charge in [0, 0.05) is 7.05 Å². The van der Waals surface area contributed by atoms with Gasteiger partial charge >= 0.3 is 7.12 Å². The predicted molar refractivity (Wildman–Crippen MR) is 150 cm³/mol. The number of carbonyl (C=O) groups excluding carboxylic acids is 2. The van der Waals surface area contributed by atoms with Gasteiger partial charge in [0.25, 0.3) is 0 Å². The van der Waals surface area contributed by atoms with Crippen LogP contribution in [0.5, 0.6) is 11.5 Å². The fourth-order valence-corrected chi connectivity index (χ4v) is 6.50. The Morgan fingerprint density at radius 2 is 1.93 bits per heavy atom. The Morgan fingerprint density at radius 1 is 1.15 bits per heavy atom. The average molecular weight is 547 g/mol. The summed E-state index contributed by atoms with van der Waals surface area (Å²) in [6, 6.07) is 13.8. The van der Waals surface area contributed by atoms with Crippen LogP contribution in [-0.4, -0.2) is 53.7 Å². The lowest BCUT2D eigenvalue weighted by Gasteiger charge is -2.43. The van der Waals surface area contributed by atoms with Crippen molar-refractivity contribution in [1.82, 2.24) is 4.90 Å². The summed E-state index contributed by atoms with van der Waals surface area (Å²) < 4.78 is 26.2. The molecule has 1 aliphatic carbocycles. The number of para-hydroxylation sites is 1. The number of nitrogens with zero attached hydrogens (tertiary/aromatic N) is 1. The highest BCUT2D eigenvalue weighted by Crippen LogP contribution is 2.50. The first-order valence-corrected chi connectivity index (χ1v) is 14.0. The van der Waals surface area contributed by atoms with Gasteiger partial charge in [-0.05, 0) is 78.9 Å². The second kappa shape index (κ2) is 12.0. The third-order valence-electron chi connectivity index (χ3n) is 8.33. The number of phenolic OH excluding ortho intramolecular Hbond substituents is 1. The first kappa shape index (κ1) is 28.1. The van der Waals surface area contributed by atoms with E-state index in [0.717, 1.165) is 29.6 Å². The van der Waals surface area contributed by atoms with E-state index in [0.29, 0.717) is 30.6 Å². The van der Waals surface area contributed by atoms with Crippen LogP contribution < -0.4 is 4.74 Å². The second-order valence-electron chi connectivity index (χ2n) is 11.0. The molecule has 3 aliphatic rings. The van der Waals surface area contributed by atoms with Gasteiger partial charge in [0.1, 0.15) is 12.4 Å². The maximum absolute atomic E-state index is 14.0. The molecule has 2 aromatic rings. The maximum atomic E-state index is 14.0. The van der Waals surface area contributed by atoms with E-state index < -0.39 is 30.9 Å². The number of benzene rings is 2. The minimum absolute atomic E-state index is 0.182. The van der Waals surface area contributed by atoms with Gasteiger partial charge in [0.05, 0.1) is 17.9 Å². The quantitative estimate of drug-likeness (QED) is 0.261. The Kier molecular flexibility index (Phi) is 8.42. The molecule has 4 atom stereocenters. The summed E-state index contributed by atoms with van der Waals surface area (Å²) in [4.78, 5) is 27.4. The molecule has 0 spiro atoms. The zero-order valence-corrected chi connectivity index (χ0v) is 22.9. The van der Waals surface area contributed by atoms with Gasteiger partial charge in [-0.1, -0.05) is 49.3 Å². The molecule has 0 unspecified atom stereocenters. The highest BCUT2D eigenvalue weighted by molar-refractivity contribution is 6.43. The van der Waals surface area contributed by atoms with Crippen LogP contribution in [0.2, 0.25) is 6.32 Å². The van der Waals surface area contributed by atoms with Gasteiger partial charge in [-0.3, -0.25) is 14.5 Å². The van der Waals surface area contributed by atoms with Crippen molar-refractivity contribution in [3.05, 3.63) is 76.6 Å². The molecule has 0 radical (unpaired) electrons. The lowest BCUT2D eigenvalue weighted by atomic mass is 9.58. The SMILES string of the molecule is CCC/C(=C\c1ccc(O)c(F)c1)CC[C@H]1OB(O)C[C@H]2C1=C(COc1ccccc1)C[C@H]1C(=O)N(C)C(=O)[C@H]12. The van der Waals surface area contributed by atoms with Crippen molar-refractivity contribution in [2.75, 3.05) is 13.7 Å². The van der Waals surface area contributed by atoms with Crippen molar-refractivity contribution < 1.29 is 33.5 Å². The standard InChI is InChI=1S/C31H35BFNO6/c1-3-7-19(14-20-10-12-26(35)25(33)15-20)11-13-27-28-21(18-39-22-8-5-4-6-9-22)16-23-29(24(28)17-32(38)40-27)31(37)34(2)30(23)36/h4-6,8-10,12,14-15,23-24,27,29,35,38H,3,7,11,13,16-18H2,1-2H3/b19-14+/t23-,24+,27-,29-/m1/s1. The number of carbonyl (C=O) groups is 2. The van der Waals surface area contributed by atoms with E-state index in [1.54, 1.807) is 6.07 Å². The van der Waals surface area contributed by atoms with E-state index in [2.05, 4.69) is 6.92 Å². The van der Waals surface area contributed by atoms with Crippen molar-refractivity contribution in [3.8, 4) is 11.5 Å². The zero-order chi connectivity index (χ0) is 28.4. The first-order chi connectivity index (χ1) is 19.3. The normalized spacial score (nSPS) is 24.9. The monoisotopic (exact) mass is 547 g/mol. The Balaban J connectivity index is 1.45. The number of aromatic hydroxyl groups is 1. The molecule has 2 amide bonds. The Hall–Kier alpha value is -3.43. The van der Waals surface area contributed by atoms with E-state index in [4.69, 9.17) is 9.39 Å². The molecule has 7 nitrogen and oxygen atoms in total. The van der Waals surface area contributed by atoms with Crippen LogP contribution in [0.15, 0.2) is 65.3 Å². The van der Waals surface area contributed by atoms with Crippen LogP contribution in [0, 0.1) is 23.6 Å². The zero-order valence-electron chi connectivity index (χ0n) is 22.9. The minimum Gasteiger partial charge on any atom is -0.505 e. The molecule has 2 saturated heterocycles. The number of likely N-dealkylation sites (tertiary alicyclic amines) is 1. The number of allylic oxidation sites excluding steroid dienone is 1. The van der Waals surface area contributed by atoms with Crippen LogP contribution in [0.3, 0.4) is 0 Å². The predicted octanol–water partition coefficient (Wildman–Crippen LogP) is 5.00. The lowest BCUT2D eigenvalue weighted by Crippen LogP contribution is -2.46. The van der Waals surface area contributed by atoms with Gasteiger partial charge in [-0.2, -0.15) is 0 Å². The van der Waals surface area contributed by atoms with E-state index in [-0.39, 0.29) is 36.4 Å². The summed E-state index contributed by atoms with van der Waals surface area (Å²) in [7, 11) is 0.483. The molecule has 5 rings (SSSR count). The third kappa shape index (κ3) is 5.72. The molecule has 0 bridgehead atoms. The van der Waals surface area contributed by atoms with Crippen molar-refractivity contribution in [3.63, 3.8) is 0 Å². The van der Waals surface area contributed by atoms with Crippen LogP contribution >= 0.6 is 0 Å². The number of hydrogen-bond acceptors (Lipinski definition) is 6. The average Bonchev–Trinajstić information content (AvgIpc) is 3.16. The molecule has 9 heteroatoms. The third-order valence-corrected chi connectivity index (χ3v) is 8.33. The number of imide groups is 1. The van der Waals surface area contributed by atoms with Crippen molar-refractivity contribution in [2.45, 2.75) is 51.5 Å². The van der Waals surface area contributed by atoms with Gasteiger partial charge < -0.3 is 19.5 Å². The number of ether oxygens (including phenoxy) is 1. The Bertz CT molecular complexity index is 1330. The number of phenols is 1. The topological polar surface area (TPSA) is 96.3 Å². The first-order valence-electron chi connectivity index (χ1n) is 14.0. The van der Waals surface area contributed by atoms with Crippen LogP contribution in [0.25, 0.3) is 6.08 Å². The summed E-state index contributed by atoms with van der Waals surface area (Å²) in [6.45, 7) is 2.34. The number of hydrogen-bond donors (Lipinski definition) is 2. The molecule has 2 heterocycles. The molecule has 2 aliphatic heterocycles. The van der Waals surface area contributed by atoms with Crippen LogP contribution in [-0.2, 0) is 14.2 Å². The summed E-state index contributed by atoms with van der Waals surface area (Å²) in [5, 5.41) is 20.3. The van der Waals surface area contributed by atoms with Gasteiger partial charge in [-0.25, -0.2) is 4.39 Å². The molecular formula is C31H35BFNO6. The smallest absolute Gasteiger partial charge is 0.455 e. The number of amides is 2. The second-order valence-corrected chi connectivity index (χ2v) is 11.0. The summed E-state index contributed by atoms with van der Waals surface area (Å²) in [5.74, 6) is -2.02. The molecule has 2 aromatic carbocycles. The molecule has 0 saturated carbocycles. The van der Waals surface area contributed by atoms with E-state index in [9.17, 15) is 24.1 Å². The highest BCUT2D eigenvalue weighted by Gasteiger charge is 2.56. The van der Waals surface area contributed by atoms with E-state index in [1.807, 2.05) is 36.4 Å². The fourth-order valence-electron chi connectivity index (χ4n) is 6.50. The van der Waals surface area contributed by atoms with Gasteiger partial charge in [0.2, 0.25) is 11.8 Å². The summed E-state index contributed by atoms with van der Waals surface area (Å²) in [6.07, 6.45) is 5.03. The van der Waals surface area contributed by atoms with Crippen molar-refractivity contribution >= 4 is 25.0 Å². The Morgan fingerprint density at radius 3 is 2.65 bits per heavy atom. The minimum atomic E-state index is -1.05. The lowest BCUT2D eigenvalue weighted by molar-refractivity contribution is -0.138. The number of rotatable bonds is 9. The van der Waals surface area contributed by atoms with Crippen molar-refractivity contribution in [2.24, 2.45) is 17.8 Å². The molecule has 210 valence electrons. The molecular weight excluding hydrogens is 512 g/mol. The highest BCUT2D eigenvalue weighted by atomic mass is 19.1. The van der Waals surface area contributed by atoms with Crippen LogP contribution in [0.4, 0.5) is 4.39 Å². The largest absolute Gasteiger partial charge is 0.505 e. The van der Waals surface area contributed by atoms with Gasteiger partial charge in [0.15, 0.2) is 11.6 Å². The molecule has 2 N–H and O–H groups in total.